The topological polar surface area (TPSA) is 49.3 Å². The maximum absolute atomic E-state index is 11.0. The van der Waals surface area contributed by atoms with Crippen molar-refractivity contribution in [2.24, 2.45) is 5.92 Å². The van der Waals surface area contributed by atoms with Gasteiger partial charge in [0.25, 0.3) is 0 Å². The van der Waals surface area contributed by atoms with Crippen molar-refractivity contribution in [3.63, 3.8) is 0 Å². The van der Waals surface area contributed by atoms with Crippen LogP contribution in [0.1, 0.15) is 57.6 Å². The highest BCUT2D eigenvalue weighted by Gasteiger charge is 2.13. The summed E-state index contributed by atoms with van der Waals surface area (Å²) < 4.78 is 0. The van der Waals surface area contributed by atoms with Gasteiger partial charge in [-0.05, 0) is 42.3 Å². The molecule has 21 heavy (non-hydrogen) atoms. The van der Waals surface area contributed by atoms with Gasteiger partial charge in [0.2, 0.25) is 0 Å². The largest absolute Gasteiger partial charge is 0.481 e. The average Bonchev–Trinajstić information content (AvgIpc) is 2.38. The van der Waals surface area contributed by atoms with Gasteiger partial charge in [-0.1, -0.05) is 52.0 Å². The summed E-state index contributed by atoms with van der Waals surface area (Å²) in [4.78, 5) is 11.0. The van der Waals surface area contributed by atoms with Gasteiger partial charge in [0.1, 0.15) is 0 Å². The number of carboxylic acids is 1. The second kappa shape index (κ2) is 8.83. The van der Waals surface area contributed by atoms with Crippen LogP contribution in [0.15, 0.2) is 24.3 Å². The van der Waals surface area contributed by atoms with Crippen molar-refractivity contribution in [2.45, 2.75) is 58.9 Å². The molecule has 0 aromatic heterocycles. The number of carboxylic acid groups (broad SMARTS) is 1. The molecular formula is C18H29NO2. The van der Waals surface area contributed by atoms with Crippen LogP contribution in [-0.4, -0.2) is 23.7 Å². The first-order valence-corrected chi connectivity index (χ1v) is 7.92. The van der Waals surface area contributed by atoms with E-state index in [1.165, 1.54) is 11.1 Å². The molecule has 3 heteroatoms. The third-order valence-electron chi connectivity index (χ3n) is 3.70. The summed E-state index contributed by atoms with van der Waals surface area (Å²) in [5.74, 6) is 0.419. The van der Waals surface area contributed by atoms with Gasteiger partial charge in [0.15, 0.2) is 0 Å². The normalized spacial score (nSPS) is 12.9. The second-order valence-electron chi connectivity index (χ2n) is 6.53. The summed E-state index contributed by atoms with van der Waals surface area (Å²) >= 11 is 0. The first kappa shape index (κ1) is 17.7. The van der Waals surface area contributed by atoms with Crippen molar-refractivity contribution in [1.29, 1.82) is 0 Å². The first-order valence-electron chi connectivity index (χ1n) is 7.92. The van der Waals surface area contributed by atoms with E-state index in [0.29, 0.717) is 11.8 Å². The molecule has 0 amide bonds. The molecule has 2 N–H and O–H groups in total. The minimum atomic E-state index is -0.740. The number of nitrogens with one attached hydrogen (secondary N) is 1. The Hall–Kier alpha value is -1.35. The monoisotopic (exact) mass is 291 g/mol. The molecule has 0 spiro atoms. The molecule has 0 heterocycles. The number of hydrogen-bond acceptors (Lipinski definition) is 2. The van der Waals surface area contributed by atoms with E-state index >= 15 is 0 Å². The van der Waals surface area contributed by atoms with E-state index in [1.54, 1.807) is 0 Å². The third-order valence-corrected chi connectivity index (χ3v) is 3.70. The highest BCUT2D eigenvalue weighted by atomic mass is 16.4. The molecule has 1 unspecified atom stereocenters. The fourth-order valence-corrected chi connectivity index (χ4v) is 2.33. The van der Waals surface area contributed by atoms with Crippen molar-refractivity contribution in [3.8, 4) is 0 Å². The number of rotatable bonds is 9. The summed E-state index contributed by atoms with van der Waals surface area (Å²) in [5, 5.41) is 12.4. The molecule has 0 aliphatic rings. The molecular weight excluding hydrogens is 262 g/mol. The molecule has 0 saturated heterocycles. The lowest BCUT2D eigenvalue weighted by molar-refractivity contribution is -0.137. The summed E-state index contributed by atoms with van der Waals surface area (Å²) in [7, 11) is 0. The molecule has 0 saturated carbocycles. The van der Waals surface area contributed by atoms with E-state index in [-0.39, 0.29) is 12.5 Å². The van der Waals surface area contributed by atoms with Crippen LogP contribution in [0.25, 0.3) is 0 Å². The zero-order valence-corrected chi connectivity index (χ0v) is 13.7. The van der Waals surface area contributed by atoms with Crippen LogP contribution in [0.3, 0.4) is 0 Å². The summed E-state index contributed by atoms with van der Waals surface area (Å²) in [6.07, 6.45) is 2.01. The zero-order valence-electron chi connectivity index (χ0n) is 13.7. The lowest BCUT2D eigenvalue weighted by atomic mass is 9.98. The van der Waals surface area contributed by atoms with E-state index in [2.05, 4.69) is 57.3 Å². The lowest BCUT2D eigenvalue weighted by Gasteiger charge is -2.18. The number of hydrogen-bond donors (Lipinski definition) is 2. The van der Waals surface area contributed by atoms with Crippen molar-refractivity contribution in [1.82, 2.24) is 5.32 Å². The van der Waals surface area contributed by atoms with Gasteiger partial charge in [0, 0.05) is 6.04 Å². The Bertz CT molecular complexity index is 423. The maximum atomic E-state index is 11.0. The SMILES string of the molecule is CC(C)CCNC(CC(=O)O)Cc1ccc(C(C)C)cc1. The second-order valence-corrected chi connectivity index (χ2v) is 6.53. The highest BCUT2D eigenvalue weighted by Crippen LogP contribution is 2.16. The predicted octanol–water partition coefficient (Wildman–Crippen LogP) is 3.83. The van der Waals surface area contributed by atoms with Gasteiger partial charge in [-0.3, -0.25) is 4.79 Å². The summed E-state index contributed by atoms with van der Waals surface area (Å²) in [5.41, 5.74) is 2.52. The summed E-state index contributed by atoms with van der Waals surface area (Å²) in [6.45, 7) is 9.59. The standard InChI is InChI=1S/C18H29NO2/c1-13(2)9-10-19-17(12-18(20)21)11-15-5-7-16(8-6-15)14(3)4/h5-8,13-14,17,19H,9-12H2,1-4H3,(H,20,21). The summed E-state index contributed by atoms with van der Waals surface area (Å²) in [6, 6.07) is 8.53. The Balaban J connectivity index is 2.60. The third kappa shape index (κ3) is 7.28. The van der Waals surface area contributed by atoms with Crippen LogP contribution in [0, 0.1) is 5.92 Å². The molecule has 1 atom stereocenters. The van der Waals surface area contributed by atoms with Crippen molar-refractivity contribution < 1.29 is 9.90 Å². The first-order chi connectivity index (χ1) is 9.88. The van der Waals surface area contributed by atoms with Crippen LogP contribution in [0.2, 0.25) is 0 Å². The van der Waals surface area contributed by atoms with Crippen LogP contribution in [0.5, 0.6) is 0 Å². The van der Waals surface area contributed by atoms with Gasteiger partial charge in [-0.2, -0.15) is 0 Å². The molecule has 0 aliphatic heterocycles. The quantitative estimate of drug-likeness (QED) is 0.727. The van der Waals surface area contributed by atoms with E-state index in [9.17, 15) is 4.79 Å². The van der Waals surface area contributed by atoms with Gasteiger partial charge in [-0.15, -0.1) is 0 Å². The van der Waals surface area contributed by atoms with Crippen LogP contribution in [-0.2, 0) is 11.2 Å². The van der Waals surface area contributed by atoms with E-state index < -0.39 is 5.97 Å². The van der Waals surface area contributed by atoms with Crippen molar-refractivity contribution in [3.05, 3.63) is 35.4 Å². The molecule has 118 valence electrons. The fourth-order valence-electron chi connectivity index (χ4n) is 2.33. The Morgan fingerprint density at radius 2 is 1.76 bits per heavy atom. The average molecular weight is 291 g/mol. The number of carbonyl (C=O) groups is 1. The van der Waals surface area contributed by atoms with E-state index in [4.69, 9.17) is 5.11 Å². The Morgan fingerprint density at radius 3 is 2.24 bits per heavy atom. The van der Waals surface area contributed by atoms with Crippen molar-refractivity contribution >= 4 is 5.97 Å². The van der Waals surface area contributed by atoms with Gasteiger partial charge >= 0.3 is 5.97 Å². The number of aliphatic carboxylic acids is 1. The van der Waals surface area contributed by atoms with Gasteiger partial charge in [0.05, 0.1) is 6.42 Å². The molecule has 0 aliphatic carbocycles. The number of benzene rings is 1. The maximum Gasteiger partial charge on any atom is 0.304 e. The van der Waals surface area contributed by atoms with Crippen LogP contribution in [0.4, 0.5) is 0 Å². The van der Waals surface area contributed by atoms with Crippen LogP contribution < -0.4 is 5.32 Å². The smallest absolute Gasteiger partial charge is 0.304 e. The minimum Gasteiger partial charge on any atom is -0.481 e. The fraction of sp³-hybridized carbons (Fsp3) is 0.611. The molecule has 0 fully saturated rings. The highest BCUT2D eigenvalue weighted by molar-refractivity contribution is 5.67. The van der Waals surface area contributed by atoms with Gasteiger partial charge in [-0.25, -0.2) is 0 Å². The van der Waals surface area contributed by atoms with Crippen LogP contribution >= 0.6 is 0 Å². The molecule has 0 radical (unpaired) electrons. The predicted molar refractivity (Wildman–Crippen MR) is 87.7 cm³/mol. The molecule has 3 nitrogen and oxygen atoms in total. The molecule has 1 rings (SSSR count). The van der Waals surface area contributed by atoms with E-state index in [0.717, 1.165) is 19.4 Å². The van der Waals surface area contributed by atoms with Gasteiger partial charge < -0.3 is 10.4 Å². The van der Waals surface area contributed by atoms with E-state index in [1.807, 2.05) is 0 Å². The Morgan fingerprint density at radius 1 is 1.14 bits per heavy atom. The zero-order chi connectivity index (χ0) is 15.8. The Labute approximate surface area is 128 Å². The molecule has 1 aromatic carbocycles. The lowest BCUT2D eigenvalue weighted by Crippen LogP contribution is -2.34. The van der Waals surface area contributed by atoms with Crippen molar-refractivity contribution in [2.75, 3.05) is 6.54 Å². The Kier molecular flexibility index (Phi) is 7.44. The molecule has 1 aromatic rings. The molecule has 0 bridgehead atoms. The minimum absolute atomic E-state index is 0.00569.